The zero-order chi connectivity index (χ0) is 13.3. The molecule has 1 aliphatic carbocycles. The van der Waals surface area contributed by atoms with Crippen LogP contribution in [0, 0.1) is 5.92 Å². The molecule has 0 radical (unpaired) electrons. The number of carboxylic acids is 1. The molecule has 0 aromatic carbocycles. The molecule has 2 unspecified atom stereocenters. The molecule has 17 heavy (non-hydrogen) atoms. The molecule has 2 N–H and O–H groups in total. The summed E-state index contributed by atoms with van der Waals surface area (Å²) < 4.78 is 26.2. The molecule has 0 aromatic rings. The van der Waals surface area contributed by atoms with E-state index in [0.29, 0.717) is 6.42 Å². The van der Waals surface area contributed by atoms with Gasteiger partial charge in [-0.1, -0.05) is 19.8 Å². The Labute approximate surface area is 103 Å². The number of nitrogens with one attached hydrogen (secondary N) is 1. The Balaban J connectivity index is 3.05. The van der Waals surface area contributed by atoms with Gasteiger partial charge < -0.3 is 5.11 Å². The SMILES string of the molecule is CC1CCCCC1(NS(=O)(=O)C(C)C)C(=O)O. The van der Waals surface area contributed by atoms with Crippen molar-refractivity contribution >= 4 is 16.0 Å². The third kappa shape index (κ3) is 2.80. The van der Waals surface area contributed by atoms with Crippen molar-refractivity contribution in [1.29, 1.82) is 0 Å². The van der Waals surface area contributed by atoms with E-state index in [4.69, 9.17) is 0 Å². The van der Waals surface area contributed by atoms with E-state index >= 15 is 0 Å². The maximum Gasteiger partial charge on any atom is 0.325 e. The number of rotatable bonds is 4. The highest BCUT2D eigenvalue weighted by molar-refractivity contribution is 7.90. The molecule has 2 atom stereocenters. The van der Waals surface area contributed by atoms with Crippen molar-refractivity contribution in [2.24, 2.45) is 5.92 Å². The minimum atomic E-state index is -3.57. The molecule has 1 aliphatic rings. The van der Waals surface area contributed by atoms with E-state index in [1.165, 1.54) is 0 Å². The highest BCUT2D eigenvalue weighted by Gasteiger charge is 2.48. The number of carboxylic acid groups (broad SMARTS) is 1. The zero-order valence-electron chi connectivity index (χ0n) is 10.6. The van der Waals surface area contributed by atoms with Crippen LogP contribution >= 0.6 is 0 Å². The van der Waals surface area contributed by atoms with Crippen LogP contribution < -0.4 is 4.72 Å². The maximum atomic E-state index is 11.9. The minimum absolute atomic E-state index is 0.178. The fraction of sp³-hybridized carbons (Fsp3) is 0.909. The summed E-state index contributed by atoms with van der Waals surface area (Å²) in [5, 5.41) is 8.76. The van der Waals surface area contributed by atoms with Crippen molar-refractivity contribution in [3.05, 3.63) is 0 Å². The monoisotopic (exact) mass is 263 g/mol. The lowest BCUT2D eigenvalue weighted by atomic mass is 9.74. The third-order valence-corrected chi connectivity index (χ3v) is 5.52. The van der Waals surface area contributed by atoms with Crippen LogP contribution in [-0.4, -0.2) is 30.3 Å². The molecule has 0 spiro atoms. The topological polar surface area (TPSA) is 83.5 Å². The molecule has 0 aromatic heterocycles. The van der Waals surface area contributed by atoms with Gasteiger partial charge in [-0.3, -0.25) is 4.79 Å². The molecule has 0 amide bonds. The first kappa shape index (κ1) is 14.4. The lowest BCUT2D eigenvalue weighted by Crippen LogP contribution is -2.60. The van der Waals surface area contributed by atoms with E-state index in [9.17, 15) is 18.3 Å². The van der Waals surface area contributed by atoms with E-state index in [2.05, 4.69) is 4.72 Å². The summed E-state index contributed by atoms with van der Waals surface area (Å²) in [6.45, 7) is 4.90. The second-order valence-corrected chi connectivity index (χ2v) is 7.36. The molecule has 1 rings (SSSR count). The van der Waals surface area contributed by atoms with Crippen LogP contribution in [0.15, 0.2) is 0 Å². The molecule has 100 valence electrons. The zero-order valence-corrected chi connectivity index (χ0v) is 11.4. The van der Waals surface area contributed by atoms with Gasteiger partial charge in [0.1, 0.15) is 5.54 Å². The molecule has 0 saturated heterocycles. The Morgan fingerprint density at radius 3 is 2.41 bits per heavy atom. The van der Waals surface area contributed by atoms with Crippen LogP contribution in [0.1, 0.15) is 46.5 Å². The van der Waals surface area contributed by atoms with E-state index in [1.807, 2.05) is 0 Å². The van der Waals surface area contributed by atoms with E-state index in [-0.39, 0.29) is 5.92 Å². The van der Waals surface area contributed by atoms with Crippen molar-refractivity contribution < 1.29 is 18.3 Å². The van der Waals surface area contributed by atoms with Gasteiger partial charge in [0, 0.05) is 0 Å². The van der Waals surface area contributed by atoms with Gasteiger partial charge in [0.25, 0.3) is 0 Å². The second kappa shape index (κ2) is 4.94. The smallest absolute Gasteiger partial charge is 0.325 e. The molecule has 0 heterocycles. The number of hydrogen-bond acceptors (Lipinski definition) is 3. The Hall–Kier alpha value is -0.620. The van der Waals surface area contributed by atoms with Gasteiger partial charge in [0.15, 0.2) is 0 Å². The van der Waals surface area contributed by atoms with Gasteiger partial charge >= 0.3 is 5.97 Å². The molecule has 5 nitrogen and oxygen atoms in total. The van der Waals surface area contributed by atoms with Crippen LogP contribution in [0.4, 0.5) is 0 Å². The Kier molecular flexibility index (Phi) is 4.19. The predicted molar refractivity (Wildman–Crippen MR) is 65.2 cm³/mol. The molecule has 0 aliphatic heterocycles. The summed E-state index contributed by atoms with van der Waals surface area (Å²) in [5.74, 6) is -1.24. The summed E-state index contributed by atoms with van der Waals surface area (Å²) in [7, 11) is -3.57. The van der Waals surface area contributed by atoms with E-state index in [1.54, 1.807) is 20.8 Å². The number of carbonyl (C=O) groups is 1. The first-order valence-electron chi connectivity index (χ1n) is 5.98. The van der Waals surface area contributed by atoms with Crippen molar-refractivity contribution in [2.75, 3.05) is 0 Å². The van der Waals surface area contributed by atoms with Crippen molar-refractivity contribution in [2.45, 2.75) is 57.2 Å². The van der Waals surface area contributed by atoms with Crippen LogP contribution in [-0.2, 0) is 14.8 Å². The standard InChI is InChI=1S/C11H21NO4S/c1-8(2)17(15,16)12-11(10(13)14)7-5-4-6-9(11)3/h8-9,12H,4-7H2,1-3H3,(H,13,14). The van der Waals surface area contributed by atoms with Gasteiger partial charge in [-0.05, 0) is 32.6 Å². The average Bonchev–Trinajstić information content (AvgIpc) is 2.20. The average molecular weight is 263 g/mol. The molecule has 1 fully saturated rings. The predicted octanol–water partition coefficient (Wildman–Crippen LogP) is 1.35. The quantitative estimate of drug-likeness (QED) is 0.802. The first-order valence-corrected chi connectivity index (χ1v) is 7.53. The maximum absolute atomic E-state index is 11.9. The van der Waals surface area contributed by atoms with Gasteiger partial charge in [-0.2, -0.15) is 4.72 Å². The Morgan fingerprint density at radius 1 is 1.41 bits per heavy atom. The summed E-state index contributed by atoms with van der Waals surface area (Å²) in [6, 6.07) is 0. The minimum Gasteiger partial charge on any atom is -0.480 e. The van der Waals surface area contributed by atoms with Crippen molar-refractivity contribution in [3.8, 4) is 0 Å². The fourth-order valence-electron chi connectivity index (χ4n) is 2.23. The molecular weight excluding hydrogens is 242 g/mol. The van der Waals surface area contributed by atoms with Gasteiger partial charge in [-0.15, -0.1) is 0 Å². The van der Waals surface area contributed by atoms with Gasteiger partial charge in [0.2, 0.25) is 10.0 Å². The van der Waals surface area contributed by atoms with Crippen molar-refractivity contribution in [1.82, 2.24) is 4.72 Å². The summed E-state index contributed by atoms with van der Waals surface area (Å²) >= 11 is 0. The van der Waals surface area contributed by atoms with Crippen molar-refractivity contribution in [3.63, 3.8) is 0 Å². The molecular formula is C11H21NO4S. The first-order chi connectivity index (χ1) is 7.72. The largest absolute Gasteiger partial charge is 0.480 e. The lowest BCUT2D eigenvalue weighted by molar-refractivity contribution is -0.147. The highest BCUT2D eigenvalue weighted by Crippen LogP contribution is 2.34. The van der Waals surface area contributed by atoms with E-state index in [0.717, 1.165) is 19.3 Å². The normalized spacial score (nSPS) is 30.5. The molecule has 0 bridgehead atoms. The summed E-state index contributed by atoms with van der Waals surface area (Å²) in [5.41, 5.74) is -1.32. The van der Waals surface area contributed by atoms with Crippen LogP contribution in [0.3, 0.4) is 0 Å². The number of aliphatic carboxylic acids is 1. The van der Waals surface area contributed by atoms with Gasteiger partial charge in [0.05, 0.1) is 5.25 Å². The highest BCUT2D eigenvalue weighted by atomic mass is 32.2. The summed E-state index contributed by atoms with van der Waals surface area (Å²) in [4.78, 5) is 11.5. The van der Waals surface area contributed by atoms with Crippen LogP contribution in [0.5, 0.6) is 0 Å². The number of sulfonamides is 1. The third-order valence-electron chi connectivity index (χ3n) is 3.63. The van der Waals surface area contributed by atoms with Crippen LogP contribution in [0.25, 0.3) is 0 Å². The lowest BCUT2D eigenvalue weighted by Gasteiger charge is -2.39. The van der Waals surface area contributed by atoms with Gasteiger partial charge in [-0.25, -0.2) is 8.42 Å². The summed E-state index contributed by atoms with van der Waals surface area (Å²) in [6.07, 6.45) is 2.82. The van der Waals surface area contributed by atoms with E-state index < -0.39 is 26.8 Å². The fourth-order valence-corrected chi connectivity index (χ4v) is 3.37. The Bertz CT molecular complexity index is 390. The number of hydrogen-bond donors (Lipinski definition) is 2. The molecule has 6 heteroatoms. The Morgan fingerprint density at radius 2 is 2.00 bits per heavy atom. The van der Waals surface area contributed by atoms with Crippen LogP contribution in [0.2, 0.25) is 0 Å². The molecule has 1 saturated carbocycles. The second-order valence-electron chi connectivity index (χ2n) is 5.12.